The molecule has 10 heteroatoms. The standard InChI is InChI=1S/C22H30N4O4S.HI/c1-16-5-7-19(8-6-16)31(27,28)25-11-10-24-22(23-2)26-12-9-17-13-20(29-3)21(30-4)14-18(17)15-26;/h5-8,13-14,25H,9-12,15H2,1-4H3,(H,23,24);1H. The van der Waals surface area contributed by atoms with Crippen LogP contribution in [0.2, 0.25) is 0 Å². The Hall–Kier alpha value is -2.05. The van der Waals surface area contributed by atoms with Gasteiger partial charge in [-0.05, 0) is 48.7 Å². The van der Waals surface area contributed by atoms with E-state index in [1.807, 2.05) is 19.1 Å². The van der Waals surface area contributed by atoms with Crippen LogP contribution >= 0.6 is 24.0 Å². The van der Waals surface area contributed by atoms with Gasteiger partial charge in [-0.3, -0.25) is 4.99 Å². The monoisotopic (exact) mass is 574 g/mol. The van der Waals surface area contributed by atoms with Gasteiger partial charge in [-0.2, -0.15) is 0 Å². The van der Waals surface area contributed by atoms with Crippen molar-refractivity contribution >= 4 is 40.0 Å². The maximum Gasteiger partial charge on any atom is 0.240 e. The molecule has 0 amide bonds. The number of ether oxygens (including phenoxy) is 2. The number of fused-ring (bicyclic) bond motifs is 1. The summed E-state index contributed by atoms with van der Waals surface area (Å²) < 4.78 is 38.3. The summed E-state index contributed by atoms with van der Waals surface area (Å²) in [5, 5.41) is 3.25. The quantitative estimate of drug-likeness (QED) is 0.229. The van der Waals surface area contributed by atoms with Crippen LogP contribution in [0.4, 0.5) is 0 Å². The molecule has 0 radical (unpaired) electrons. The predicted octanol–water partition coefficient (Wildman–Crippen LogP) is 2.54. The topological polar surface area (TPSA) is 92.3 Å². The Balaban J connectivity index is 0.00000363. The molecule has 0 aliphatic carbocycles. The molecule has 8 nitrogen and oxygen atoms in total. The highest BCUT2D eigenvalue weighted by Gasteiger charge is 2.21. The summed E-state index contributed by atoms with van der Waals surface area (Å²) in [6, 6.07) is 10.8. The lowest BCUT2D eigenvalue weighted by molar-refractivity contribution is 0.346. The van der Waals surface area contributed by atoms with Crippen LogP contribution in [0.15, 0.2) is 46.3 Å². The Bertz CT molecular complexity index is 1040. The average Bonchev–Trinajstić information content (AvgIpc) is 2.78. The van der Waals surface area contributed by atoms with Crippen molar-refractivity contribution in [3.63, 3.8) is 0 Å². The zero-order chi connectivity index (χ0) is 22.4. The summed E-state index contributed by atoms with van der Waals surface area (Å²) in [5.41, 5.74) is 3.41. The molecule has 0 saturated heterocycles. The first-order valence-corrected chi connectivity index (χ1v) is 11.6. The van der Waals surface area contributed by atoms with Crippen molar-refractivity contribution in [3.05, 3.63) is 53.1 Å². The molecule has 0 saturated carbocycles. The number of aryl methyl sites for hydroxylation is 1. The molecule has 32 heavy (non-hydrogen) atoms. The first kappa shape index (κ1) is 26.2. The largest absolute Gasteiger partial charge is 0.493 e. The number of methoxy groups -OCH3 is 2. The second-order valence-corrected chi connectivity index (χ2v) is 9.10. The molecule has 0 spiro atoms. The van der Waals surface area contributed by atoms with E-state index in [4.69, 9.17) is 9.47 Å². The Kier molecular flexibility index (Phi) is 9.59. The summed E-state index contributed by atoms with van der Waals surface area (Å²) >= 11 is 0. The average molecular weight is 574 g/mol. The number of guanidine groups is 1. The lowest BCUT2D eigenvalue weighted by Crippen LogP contribution is -2.46. The van der Waals surface area contributed by atoms with E-state index in [1.165, 1.54) is 5.56 Å². The van der Waals surface area contributed by atoms with Crippen molar-refractivity contribution < 1.29 is 17.9 Å². The predicted molar refractivity (Wildman–Crippen MR) is 137 cm³/mol. The van der Waals surface area contributed by atoms with E-state index in [0.717, 1.165) is 35.8 Å². The summed E-state index contributed by atoms with van der Waals surface area (Å²) in [7, 11) is 1.46. The molecule has 0 fully saturated rings. The maximum atomic E-state index is 12.4. The molecule has 2 aromatic rings. The van der Waals surface area contributed by atoms with Gasteiger partial charge in [0.15, 0.2) is 17.5 Å². The van der Waals surface area contributed by atoms with Crippen molar-refractivity contribution in [2.45, 2.75) is 24.8 Å². The molecule has 1 aliphatic rings. The SMILES string of the molecule is CN=C(NCCNS(=O)(=O)c1ccc(C)cc1)N1CCc2cc(OC)c(OC)cc2C1.I. The normalized spacial score (nSPS) is 13.8. The second kappa shape index (κ2) is 11.7. The minimum atomic E-state index is -3.53. The van der Waals surface area contributed by atoms with Gasteiger partial charge >= 0.3 is 0 Å². The fourth-order valence-electron chi connectivity index (χ4n) is 3.56. The van der Waals surface area contributed by atoms with Gasteiger partial charge in [0.1, 0.15) is 0 Å². The highest BCUT2D eigenvalue weighted by atomic mass is 127. The highest BCUT2D eigenvalue weighted by Crippen LogP contribution is 2.33. The molecule has 1 heterocycles. The number of hydrogen-bond donors (Lipinski definition) is 2. The smallest absolute Gasteiger partial charge is 0.240 e. The number of sulfonamides is 1. The van der Waals surface area contributed by atoms with Crippen molar-refractivity contribution in [2.24, 2.45) is 4.99 Å². The van der Waals surface area contributed by atoms with Crippen LogP contribution in [-0.4, -0.2) is 60.2 Å². The van der Waals surface area contributed by atoms with Crippen LogP contribution in [-0.2, 0) is 23.0 Å². The number of nitrogens with zero attached hydrogens (tertiary/aromatic N) is 2. The fourth-order valence-corrected chi connectivity index (χ4v) is 4.59. The highest BCUT2D eigenvalue weighted by molar-refractivity contribution is 14.0. The van der Waals surface area contributed by atoms with E-state index in [-0.39, 0.29) is 35.4 Å². The summed E-state index contributed by atoms with van der Waals surface area (Å²) in [6.45, 7) is 4.09. The van der Waals surface area contributed by atoms with Crippen LogP contribution in [0.1, 0.15) is 16.7 Å². The molecule has 3 rings (SSSR count). The molecule has 0 aromatic heterocycles. The lowest BCUT2D eigenvalue weighted by Gasteiger charge is -2.32. The number of nitrogens with one attached hydrogen (secondary N) is 2. The molecule has 2 N–H and O–H groups in total. The number of rotatable bonds is 7. The molecule has 0 atom stereocenters. The van der Waals surface area contributed by atoms with Crippen LogP contribution in [0, 0.1) is 6.92 Å². The van der Waals surface area contributed by atoms with Gasteiger partial charge in [-0.15, -0.1) is 24.0 Å². The third-order valence-corrected chi connectivity index (χ3v) is 6.74. The third kappa shape index (κ3) is 6.26. The van der Waals surface area contributed by atoms with E-state index in [0.29, 0.717) is 18.8 Å². The Morgan fingerprint density at radius 2 is 1.69 bits per heavy atom. The maximum absolute atomic E-state index is 12.4. The van der Waals surface area contributed by atoms with Crippen LogP contribution < -0.4 is 19.5 Å². The van der Waals surface area contributed by atoms with Crippen LogP contribution in [0.5, 0.6) is 11.5 Å². The van der Waals surface area contributed by atoms with Crippen molar-refractivity contribution in [1.82, 2.24) is 14.9 Å². The molecule has 176 valence electrons. The van der Waals surface area contributed by atoms with Gasteiger partial charge in [0.25, 0.3) is 0 Å². The number of aliphatic imine (C=N–C) groups is 1. The number of hydrogen-bond acceptors (Lipinski definition) is 5. The van der Waals surface area contributed by atoms with Crippen molar-refractivity contribution in [1.29, 1.82) is 0 Å². The fraction of sp³-hybridized carbons (Fsp3) is 0.409. The minimum Gasteiger partial charge on any atom is -0.493 e. The van der Waals surface area contributed by atoms with Crippen molar-refractivity contribution in [3.8, 4) is 11.5 Å². The summed E-state index contributed by atoms with van der Waals surface area (Å²) in [5.74, 6) is 2.17. The van der Waals surface area contributed by atoms with Gasteiger partial charge in [0.05, 0.1) is 19.1 Å². The molecule has 2 aromatic carbocycles. The number of halogens is 1. The van der Waals surface area contributed by atoms with E-state index >= 15 is 0 Å². The second-order valence-electron chi connectivity index (χ2n) is 7.33. The van der Waals surface area contributed by atoms with Gasteiger partial charge in [0.2, 0.25) is 10.0 Å². The van der Waals surface area contributed by atoms with E-state index in [9.17, 15) is 8.42 Å². The van der Waals surface area contributed by atoms with Crippen LogP contribution in [0.3, 0.4) is 0 Å². The van der Waals surface area contributed by atoms with Gasteiger partial charge < -0.3 is 19.7 Å². The molecule has 0 unspecified atom stereocenters. The first-order chi connectivity index (χ1) is 14.9. The van der Waals surface area contributed by atoms with Gasteiger partial charge in [0, 0.05) is 33.2 Å². The van der Waals surface area contributed by atoms with Gasteiger partial charge in [-0.1, -0.05) is 17.7 Å². The summed E-state index contributed by atoms with van der Waals surface area (Å²) in [4.78, 5) is 6.77. The molecular formula is C22H31IN4O4S. The summed E-state index contributed by atoms with van der Waals surface area (Å²) in [6.07, 6.45) is 0.858. The van der Waals surface area contributed by atoms with Crippen molar-refractivity contribution in [2.75, 3.05) is 40.9 Å². The van der Waals surface area contributed by atoms with Crippen LogP contribution in [0.25, 0.3) is 0 Å². The third-order valence-electron chi connectivity index (χ3n) is 5.26. The van der Waals surface area contributed by atoms with E-state index < -0.39 is 10.0 Å². The van der Waals surface area contributed by atoms with E-state index in [1.54, 1.807) is 45.5 Å². The molecule has 1 aliphatic heterocycles. The lowest BCUT2D eigenvalue weighted by atomic mass is 9.99. The molecule has 0 bridgehead atoms. The minimum absolute atomic E-state index is 0. The Morgan fingerprint density at radius 3 is 2.28 bits per heavy atom. The Labute approximate surface area is 207 Å². The number of benzene rings is 2. The Morgan fingerprint density at radius 1 is 1.06 bits per heavy atom. The zero-order valence-corrected chi connectivity index (χ0v) is 22.0. The molecular weight excluding hydrogens is 543 g/mol. The zero-order valence-electron chi connectivity index (χ0n) is 18.8. The van der Waals surface area contributed by atoms with E-state index in [2.05, 4.69) is 19.9 Å². The van der Waals surface area contributed by atoms with Gasteiger partial charge in [-0.25, -0.2) is 13.1 Å². The first-order valence-electron chi connectivity index (χ1n) is 10.1.